The Kier molecular flexibility index (Phi) is 5.39. The Morgan fingerprint density at radius 3 is 2.58 bits per heavy atom. The SMILES string of the molecule is C=C(C)CN(C)C(=O)N1CCC(CC)CC1C(=O)O. The van der Waals surface area contributed by atoms with E-state index < -0.39 is 12.0 Å². The minimum atomic E-state index is -0.907. The molecule has 1 aliphatic heterocycles. The van der Waals surface area contributed by atoms with Crippen molar-refractivity contribution in [3.05, 3.63) is 12.2 Å². The van der Waals surface area contributed by atoms with Crippen molar-refractivity contribution in [2.24, 2.45) is 5.92 Å². The molecule has 0 bridgehead atoms. The fourth-order valence-electron chi connectivity index (χ4n) is 2.56. The van der Waals surface area contributed by atoms with Gasteiger partial charge in [0.2, 0.25) is 0 Å². The van der Waals surface area contributed by atoms with E-state index in [1.807, 2.05) is 6.92 Å². The van der Waals surface area contributed by atoms with E-state index >= 15 is 0 Å². The van der Waals surface area contributed by atoms with Crippen LogP contribution in [-0.4, -0.2) is 53.1 Å². The van der Waals surface area contributed by atoms with Crippen LogP contribution in [0.1, 0.15) is 33.1 Å². The molecule has 1 rings (SSSR count). The number of aliphatic carboxylic acids is 1. The van der Waals surface area contributed by atoms with Gasteiger partial charge in [0.1, 0.15) is 6.04 Å². The second-order valence-electron chi connectivity index (χ2n) is 5.44. The minimum absolute atomic E-state index is 0.218. The third-order valence-corrected chi connectivity index (χ3v) is 3.65. The van der Waals surface area contributed by atoms with E-state index in [0.717, 1.165) is 18.4 Å². The van der Waals surface area contributed by atoms with Crippen molar-refractivity contribution in [1.82, 2.24) is 9.80 Å². The number of carboxylic acids is 1. The first-order valence-corrected chi connectivity index (χ1v) is 6.75. The largest absolute Gasteiger partial charge is 0.480 e. The Balaban J connectivity index is 2.76. The molecule has 0 aliphatic carbocycles. The van der Waals surface area contributed by atoms with Crippen LogP contribution in [-0.2, 0) is 4.79 Å². The van der Waals surface area contributed by atoms with Crippen molar-refractivity contribution in [3.63, 3.8) is 0 Å². The van der Waals surface area contributed by atoms with Crippen LogP contribution in [0.15, 0.2) is 12.2 Å². The average Bonchev–Trinajstić information content (AvgIpc) is 2.36. The molecule has 0 aromatic heterocycles. The maximum Gasteiger partial charge on any atom is 0.326 e. The van der Waals surface area contributed by atoms with E-state index in [1.165, 1.54) is 9.80 Å². The van der Waals surface area contributed by atoms with E-state index in [-0.39, 0.29) is 6.03 Å². The molecule has 1 N–H and O–H groups in total. The summed E-state index contributed by atoms with van der Waals surface area (Å²) in [5.41, 5.74) is 0.881. The third-order valence-electron chi connectivity index (χ3n) is 3.65. The van der Waals surface area contributed by atoms with Crippen LogP contribution in [0.5, 0.6) is 0 Å². The molecule has 108 valence electrons. The number of piperidine rings is 1. The Bertz CT molecular complexity index is 368. The number of nitrogens with zero attached hydrogens (tertiary/aromatic N) is 2. The number of hydrogen-bond donors (Lipinski definition) is 1. The van der Waals surface area contributed by atoms with Crippen LogP contribution in [0.25, 0.3) is 0 Å². The molecule has 1 saturated heterocycles. The highest BCUT2D eigenvalue weighted by atomic mass is 16.4. The molecule has 2 unspecified atom stereocenters. The van der Waals surface area contributed by atoms with E-state index in [9.17, 15) is 14.7 Å². The fraction of sp³-hybridized carbons (Fsp3) is 0.714. The third kappa shape index (κ3) is 3.98. The van der Waals surface area contributed by atoms with E-state index in [0.29, 0.717) is 25.4 Å². The summed E-state index contributed by atoms with van der Waals surface area (Å²) in [7, 11) is 1.68. The number of carboxylic acid groups (broad SMARTS) is 1. The number of likely N-dealkylation sites (N-methyl/N-ethyl adjacent to an activating group) is 1. The van der Waals surface area contributed by atoms with Crippen molar-refractivity contribution in [2.45, 2.75) is 39.2 Å². The maximum atomic E-state index is 12.3. The minimum Gasteiger partial charge on any atom is -0.480 e. The second-order valence-corrected chi connectivity index (χ2v) is 5.44. The zero-order valence-electron chi connectivity index (χ0n) is 12.1. The number of likely N-dealkylation sites (tertiary alicyclic amines) is 1. The fourth-order valence-corrected chi connectivity index (χ4v) is 2.56. The topological polar surface area (TPSA) is 60.9 Å². The lowest BCUT2D eigenvalue weighted by molar-refractivity contribution is -0.144. The first kappa shape index (κ1) is 15.5. The van der Waals surface area contributed by atoms with Gasteiger partial charge in [-0.3, -0.25) is 0 Å². The molecule has 0 spiro atoms. The Hall–Kier alpha value is -1.52. The Labute approximate surface area is 114 Å². The van der Waals surface area contributed by atoms with Gasteiger partial charge in [-0.05, 0) is 25.7 Å². The molecule has 1 aliphatic rings. The van der Waals surface area contributed by atoms with Gasteiger partial charge in [-0.15, -0.1) is 0 Å². The summed E-state index contributed by atoms with van der Waals surface area (Å²) >= 11 is 0. The molecule has 0 aromatic carbocycles. The molecule has 0 aromatic rings. The van der Waals surface area contributed by atoms with Gasteiger partial charge in [-0.2, -0.15) is 0 Å². The van der Waals surface area contributed by atoms with Crippen LogP contribution >= 0.6 is 0 Å². The van der Waals surface area contributed by atoms with Gasteiger partial charge < -0.3 is 14.9 Å². The van der Waals surface area contributed by atoms with Gasteiger partial charge in [-0.1, -0.05) is 25.5 Å². The van der Waals surface area contributed by atoms with Crippen molar-refractivity contribution < 1.29 is 14.7 Å². The van der Waals surface area contributed by atoms with E-state index in [1.54, 1.807) is 7.05 Å². The molecule has 1 heterocycles. The maximum absolute atomic E-state index is 12.3. The van der Waals surface area contributed by atoms with E-state index in [2.05, 4.69) is 13.5 Å². The number of amides is 2. The van der Waals surface area contributed by atoms with E-state index in [4.69, 9.17) is 0 Å². The lowest BCUT2D eigenvalue weighted by atomic mass is 9.89. The van der Waals surface area contributed by atoms with Crippen LogP contribution in [0.2, 0.25) is 0 Å². The molecule has 5 heteroatoms. The van der Waals surface area contributed by atoms with Gasteiger partial charge in [0.25, 0.3) is 0 Å². The summed E-state index contributed by atoms with van der Waals surface area (Å²) in [6.45, 7) is 8.67. The smallest absolute Gasteiger partial charge is 0.326 e. The number of rotatable bonds is 4. The van der Waals surface area contributed by atoms with Gasteiger partial charge in [0.15, 0.2) is 0 Å². The zero-order valence-corrected chi connectivity index (χ0v) is 12.1. The normalized spacial score (nSPS) is 23.0. The second kappa shape index (κ2) is 6.59. The lowest BCUT2D eigenvalue weighted by Crippen LogP contribution is -2.54. The molecule has 1 fully saturated rings. The standard InChI is InChI=1S/C14H24N2O3/c1-5-11-6-7-16(12(8-11)13(17)18)14(19)15(4)9-10(2)3/h11-12H,2,5-9H2,1,3-4H3,(H,17,18). The van der Waals surface area contributed by atoms with Gasteiger partial charge in [-0.25, -0.2) is 9.59 Å². The average molecular weight is 268 g/mol. The lowest BCUT2D eigenvalue weighted by Gasteiger charge is -2.38. The first-order valence-electron chi connectivity index (χ1n) is 6.75. The van der Waals surface area contributed by atoms with Gasteiger partial charge >= 0.3 is 12.0 Å². The van der Waals surface area contributed by atoms with Gasteiger partial charge in [0, 0.05) is 20.1 Å². The van der Waals surface area contributed by atoms with Crippen LogP contribution < -0.4 is 0 Å². The number of hydrogen-bond acceptors (Lipinski definition) is 2. The van der Waals surface area contributed by atoms with Crippen LogP contribution in [0.3, 0.4) is 0 Å². The highest BCUT2D eigenvalue weighted by Crippen LogP contribution is 2.26. The molecule has 2 atom stereocenters. The predicted molar refractivity (Wildman–Crippen MR) is 74.0 cm³/mol. The molecule has 2 amide bonds. The Morgan fingerprint density at radius 2 is 2.11 bits per heavy atom. The Morgan fingerprint density at radius 1 is 1.47 bits per heavy atom. The van der Waals surface area contributed by atoms with Crippen molar-refractivity contribution in [3.8, 4) is 0 Å². The molecule has 5 nitrogen and oxygen atoms in total. The zero-order chi connectivity index (χ0) is 14.6. The summed E-state index contributed by atoms with van der Waals surface area (Å²) < 4.78 is 0. The molecule has 19 heavy (non-hydrogen) atoms. The number of carbonyl (C=O) groups is 2. The van der Waals surface area contributed by atoms with Gasteiger partial charge in [0.05, 0.1) is 0 Å². The number of urea groups is 1. The summed E-state index contributed by atoms with van der Waals surface area (Å²) in [5, 5.41) is 9.30. The van der Waals surface area contributed by atoms with Crippen molar-refractivity contribution in [2.75, 3.05) is 20.1 Å². The summed E-state index contributed by atoms with van der Waals surface area (Å²) in [4.78, 5) is 26.7. The highest BCUT2D eigenvalue weighted by Gasteiger charge is 2.36. The monoisotopic (exact) mass is 268 g/mol. The quantitative estimate of drug-likeness (QED) is 0.795. The predicted octanol–water partition coefficient (Wildman–Crippen LogP) is 2.19. The van der Waals surface area contributed by atoms with Crippen LogP contribution in [0.4, 0.5) is 4.79 Å². The highest BCUT2D eigenvalue weighted by molar-refractivity contribution is 5.83. The number of carbonyl (C=O) groups excluding carboxylic acids is 1. The first-order chi connectivity index (χ1) is 8.86. The molecular weight excluding hydrogens is 244 g/mol. The molecule has 0 saturated carbocycles. The van der Waals surface area contributed by atoms with Crippen molar-refractivity contribution in [1.29, 1.82) is 0 Å². The van der Waals surface area contributed by atoms with Crippen molar-refractivity contribution >= 4 is 12.0 Å². The van der Waals surface area contributed by atoms with Crippen LogP contribution in [0, 0.1) is 5.92 Å². The molecule has 0 radical (unpaired) electrons. The molecular formula is C14H24N2O3. The summed E-state index contributed by atoms with van der Waals surface area (Å²) in [6.07, 6.45) is 2.40. The summed E-state index contributed by atoms with van der Waals surface area (Å²) in [6, 6.07) is -0.913. The summed E-state index contributed by atoms with van der Waals surface area (Å²) in [5.74, 6) is -0.508.